The second-order valence-corrected chi connectivity index (χ2v) is 4.54. The molecule has 0 bridgehead atoms. The van der Waals surface area contributed by atoms with Crippen LogP contribution in [-0.2, 0) is 0 Å². The van der Waals surface area contributed by atoms with Crippen LogP contribution in [0.2, 0.25) is 0 Å². The van der Waals surface area contributed by atoms with Crippen LogP contribution >= 0.6 is 0 Å². The summed E-state index contributed by atoms with van der Waals surface area (Å²) in [6, 6.07) is 8.06. The zero-order chi connectivity index (χ0) is 11.7. The van der Waals surface area contributed by atoms with E-state index in [1.807, 2.05) is 24.4 Å². The third-order valence-corrected chi connectivity index (χ3v) is 3.24. The molecule has 3 nitrogen and oxygen atoms in total. The van der Waals surface area contributed by atoms with Crippen molar-refractivity contribution in [1.82, 2.24) is 4.98 Å². The number of hydrogen-bond acceptors (Lipinski definition) is 3. The average Bonchev–Trinajstić information content (AvgIpc) is 3.19. The molecule has 0 saturated heterocycles. The van der Waals surface area contributed by atoms with Crippen LogP contribution < -0.4 is 10.1 Å². The lowest BCUT2D eigenvalue weighted by atomic mass is 10.1. The Labute approximate surface area is 101 Å². The Kier molecular flexibility index (Phi) is 2.59. The molecular weight excluding hydrogens is 212 g/mol. The topological polar surface area (TPSA) is 34.1 Å². The molecule has 1 N–H and O–H groups in total. The Balaban J connectivity index is 1.99. The van der Waals surface area contributed by atoms with Gasteiger partial charge < -0.3 is 10.1 Å². The molecule has 1 saturated carbocycles. The second kappa shape index (κ2) is 4.24. The Morgan fingerprint density at radius 3 is 2.94 bits per heavy atom. The van der Waals surface area contributed by atoms with Crippen molar-refractivity contribution in [3.63, 3.8) is 0 Å². The number of fused-ring (bicyclic) bond motifs is 1. The van der Waals surface area contributed by atoms with Gasteiger partial charge in [0.15, 0.2) is 0 Å². The van der Waals surface area contributed by atoms with Gasteiger partial charge in [-0.2, -0.15) is 0 Å². The number of ether oxygens (including phenoxy) is 1. The number of anilines is 1. The number of nitrogens with one attached hydrogen (secondary N) is 1. The molecule has 1 aliphatic rings. The number of nitrogens with zero attached hydrogens (tertiary/aromatic N) is 1. The second-order valence-electron chi connectivity index (χ2n) is 4.54. The number of rotatable bonds is 4. The maximum atomic E-state index is 5.36. The van der Waals surface area contributed by atoms with E-state index in [0.717, 1.165) is 34.8 Å². The number of methoxy groups -OCH3 is 1. The predicted molar refractivity (Wildman–Crippen MR) is 69.5 cm³/mol. The highest BCUT2D eigenvalue weighted by atomic mass is 16.5. The molecular formula is C14H16N2O. The van der Waals surface area contributed by atoms with E-state index in [-0.39, 0.29) is 0 Å². The molecule has 0 spiro atoms. The van der Waals surface area contributed by atoms with Gasteiger partial charge in [0, 0.05) is 23.5 Å². The summed E-state index contributed by atoms with van der Waals surface area (Å²) in [6.07, 6.45) is 4.53. The van der Waals surface area contributed by atoms with Crippen LogP contribution in [-0.4, -0.2) is 18.6 Å². The van der Waals surface area contributed by atoms with Crippen molar-refractivity contribution in [3.8, 4) is 5.75 Å². The summed E-state index contributed by atoms with van der Waals surface area (Å²) >= 11 is 0. The van der Waals surface area contributed by atoms with Crippen molar-refractivity contribution in [2.75, 3.05) is 19.0 Å². The first-order chi connectivity index (χ1) is 8.38. The monoisotopic (exact) mass is 228 g/mol. The van der Waals surface area contributed by atoms with Crippen LogP contribution in [0.4, 0.5) is 5.82 Å². The highest BCUT2D eigenvalue weighted by Crippen LogP contribution is 2.32. The quantitative estimate of drug-likeness (QED) is 0.873. The maximum Gasteiger partial charge on any atom is 0.133 e. The van der Waals surface area contributed by atoms with Gasteiger partial charge in [0.25, 0.3) is 0 Å². The Morgan fingerprint density at radius 2 is 2.18 bits per heavy atom. The molecule has 3 heteroatoms. The molecule has 1 aromatic carbocycles. The van der Waals surface area contributed by atoms with E-state index in [1.54, 1.807) is 7.11 Å². The lowest BCUT2D eigenvalue weighted by Gasteiger charge is -2.10. The van der Waals surface area contributed by atoms with Gasteiger partial charge in [-0.25, -0.2) is 4.98 Å². The minimum Gasteiger partial charge on any atom is -0.496 e. The number of pyridine rings is 1. The Morgan fingerprint density at radius 1 is 1.29 bits per heavy atom. The van der Waals surface area contributed by atoms with E-state index in [0.29, 0.717) is 0 Å². The van der Waals surface area contributed by atoms with E-state index in [1.165, 1.54) is 12.8 Å². The van der Waals surface area contributed by atoms with Crippen LogP contribution in [0, 0.1) is 5.92 Å². The summed E-state index contributed by atoms with van der Waals surface area (Å²) in [6.45, 7) is 1.03. The Bertz CT molecular complexity index is 535. The molecule has 1 aliphatic carbocycles. The summed E-state index contributed by atoms with van der Waals surface area (Å²) in [5.41, 5.74) is 0. The Hall–Kier alpha value is -1.77. The SMILES string of the molecule is COc1cccc2c(NCC3CC3)nccc12. The lowest BCUT2D eigenvalue weighted by molar-refractivity contribution is 0.420. The molecule has 3 rings (SSSR count). The van der Waals surface area contributed by atoms with E-state index >= 15 is 0 Å². The molecule has 0 amide bonds. The third kappa shape index (κ3) is 2.05. The fourth-order valence-corrected chi connectivity index (χ4v) is 2.06. The largest absolute Gasteiger partial charge is 0.496 e. The van der Waals surface area contributed by atoms with Gasteiger partial charge in [0.1, 0.15) is 11.6 Å². The van der Waals surface area contributed by atoms with Gasteiger partial charge in [-0.05, 0) is 30.9 Å². The van der Waals surface area contributed by atoms with Crippen LogP contribution in [0.5, 0.6) is 5.75 Å². The molecule has 1 heterocycles. The standard InChI is InChI=1S/C14H16N2O/c1-17-13-4-2-3-12-11(13)7-8-15-14(12)16-9-10-5-6-10/h2-4,7-8,10H,5-6,9H2,1H3,(H,15,16). The molecule has 0 atom stereocenters. The van der Waals surface area contributed by atoms with Gasteiger partial charge in [0.05, 0.1) is 7.11 Å². The number of hydrogen-bond donors (Lipinski definition) is 1. The minimum atomic E-state index is 0.845. The number of aromatic nitrogens is 1. The molecule has 1 fully saturated rings. The van der Waals surface area contributed by atoms with Crippen molar-refractivity contribution in [3.05, 3.63) is 30.5 Å². The fraction of sp³-hybridized carbons (Fsp3) is 0.357. The van der Waals surface area contributed by atoms with Crippen molar-refractivity contribution in [2.24, 2.45) is 5.92 Å². The molecule has 0 unspecified atom stereocenters. The van der Waals surface area contributed by atoms with E-state index in [9.17, 15) is 0 Å². The third-order valence-electron chi connectivity index (χ3n) is 3.24. The lowest BCUT2D eigenvalue weighted by Crippen LogP contribution is -2.05. The molecule has 1 aromatic heterocycles. The highest BCUT2D eigenvalue weighted by Gasteiger charge is 2.21. The van der Waals surface area contributed by atoms with Gasteiger partial charge in [-0.1, -0.05) is 12.1 Å². The fourth-order valence-electron chi connectivity index (χ4n) is 2.06. The molecule has 2 aromatic rings. The zero-order valence-electron chi connectivity index (χ0n) is 9.94. The summed E-state index contributed by atoms with van der Waals surface area (Å²) in [7, 11) is 1.70. The zero-order valence-corrected chi connectivity index (χ0v) is 9.94. The van der Waals surface area contributed by atoms with E-state index in [4.69, 9.17) is 4.74 Å². The summed E-state index contributed by atoms with van der Waals surface area (Å²) in [5, 5.41) is 5.68. The normalized spacial score (nSPS) is 14.9. The van der Waals surface area contributed by atoms with E-state index in [2.05, 4.69) is 16.4 Å². The van der Waals surface area contributed by atoms with Gasteiger partial charge >= 0.3 is 0 Å². The van der Waals surface area contributed by atoms with Gasteiger partial charge in [-0.3, -0.25) is 0 Å². The molecule has 0 radical (unpaired) electrons. The minimum absolute atomic E-state index is 0.845. The summed E-state index contributed by atoms with van der Waals surface area (Å²) in [4.78, 5) is 4.42. The van der Waals surface area contributed by atoms with Gasteiger partial charge in [-0.15, -0.1) is 0 Å². The first-order valence-corrected chi connectivity index (χ1v) is 6.04. The van der Waals surface area contributed by atoms with Crippen molar-refractivity contribution >= 4 is 16.6 Å². The van der Waals surface area contributed by atoms with E-state index < -0.39 is 0 Å². The van der Waals surface area contributed by atoms with Crippen molar-refractivity contribution in [2.45, 2.75) is 12.8 Å². The maximum absolute atomic E-state index is 5.36. The van der Waals surface area contributed by atoms with Crippen LogP contribution in [0.1, 0.15) is 12.8 Å². The van der Waals surface area contributed by atoms with Crippen LogP contribution in [0.25, 0.3) is 10.8 Å². The summed E-state index contributed by atoms with van der Waals surface area (Å²) in [5.74, 6) is 2.71. The number of benzene rings is 1. The van der Waals surface area contributed by atoms with Crippen LogP contribution in [0.3, 0.4) is 0 Å². The highest BCUT2D eigenvalue weighted by molar-refractivity contribution is 5.95. The smallest absolute Gasteiger partial charge is 0.133 e. The van der Waals surface area contributed by atoms with Gasteiger partial charge in [0.2, 0.25) is 0 Å². The molecule has 0 aliphatic heterocycles. The first kappa shape index (κ1) is 10.4. The molecule has 17 heavy (non-hydrogen) atoms. The summed E-state index contributed by atoms with van der Waals surface area (Å²) < 4.78 is 5.36. The van der Waals surface area contributed by atoms with Crippen molar-refractivity contribution in [1.29, 1.82) is 0 Å². The first-order valence-electron chi connectivity index (χ1n) is 6.04. The van der Waals surface area contributed by atoms with Crippen LogP contribution in [0.15, 0.2) is 30.5 Å². The molecule has 88 valence electrons. The average molecular weight is 228 g/mol. The predicted octanol–water partition coefficient (Wildman–Crippen LogP) is 3.07. The van der Waals surface area contributed by atoms with Crippen molar-refractivity contribution < 1.29 is 4.74 Å².